The summed E-state index contributed by atoms with van der Waals surface area (Å²) in [5, 5.41) is 0. The number of para-hydroxylation sites is 2. The summed E-state index contributed by atoms with van der Waals surface area (Å²) in [6, 6.07) is 17.0. The first kappa shape index (κ1) is 22.3. The molecule has 4 aliphatic rings. The predicted molar refractivity (Wildman–Crippen MR) is 117 cm³/mol. The summed E-state index contributed by atoms with van der Waals surface area (Å²) in [7, 11) is 4.73. The maximum absolute atomic E-state index is 13.7. The minimum atomic E-state index is -0.852. The minimum absolute atomic E-state index is 0. The normalized spacial score (nSPS) is 32.0. The maximum atomic E-state index is 13.7. The molecule has 2 bridgehead atoms. The van der Waals surface area contributed by atoms with Crippen LogP contribution < -0.4 is 21.7 Å². The van der Waals surface area contributed by atoms with Crippen molar-refractivity contribution in [3.05, 3.63) is 59.7 Å². The summed E-state index contributed by atoms with van der Waals surface area (Å²) in [4.78, 5) is 13.7. The number of fused-ring (bicyclic) bond motifs is 7. The quantitative estimate of drug-likeness (QED) is 0.481. The monoisotopic (exact) mass is 485 g/mol. The first-order valence-electron chi connectivity index (χ1n) is 10.8. The van der Waals surface area contributed by atoms with Crippen molar-refractivity contribution < 1.29 is 35.7 Å². The van der Waals surface area contributed by atoms with Gasteiger partial charge >= 0.3 is 5.97 Å². The van der Waals surface area contributed by atoms with Crippen molar-refractivity contribution >= 4 is 5.97 Å². The zero-order valence-corrected chi connectivity index (χ0v) is 19.3. The highest BCUT2D eigenvalue weighted by Crippen LogP contribution is 2.61. The Kier molecular flexibility index (Phi) is 5.30. The number of piperidine rings is 2. The van der Waals surface area contributed by atoms with Crippen molar-refractivity contribution in [1.82, 2.24) is 0 Å². The van der Waals surface area contributed by atoms with Crippen LogP contribution in [-0.4, -0.2) is 42.7 Å². The molecule has 3 fully saturated rings. The van der Waals surface area contributed by atoms with Crippen LogP contribution in [0.5, 0.6) is 11.5 Å². The Balaban J connectivity index is 0.00000116. The van der Waals surface area contributed by atoms with Crippen LogP contribution in [0.3, 0.4) is 0 Å². The Morgan fingerprint density at radius 3 is 1.94 bits per heavy atom. The van der Waals surface area contributed by atoms with E-state index in [0.29, 0.717) is 12.1 Å². The second-order valence-corrected chi connectivity index (χ2v) is 10.0. The molecular formula is C26H32BrNO3. The van der Waals surface area contributed by atoms with Crippen molar-refractivity contribution in [3.63, 3.8) is 0 Å². The van der Waals surface area contributed by atoms with E-state index in [2.05, 4.69) is 14.1 Å². The lowest BCUT2D eigenvalue weighted by Gasteiger charge is -2.46. The van der Waals surface area contributed by atoms with E-state index in [9.17, 15) is 4.79 Å². The molecule has 166 valence electrons. The van der Waals surface area contributed by atoms with E-state index in [-0.39, 0.29) is 36.5 Å². The Morgan fingerprint density at radius 1 is 0.935 bits per heavy atom. The highest BCUT2D eigenvalue weighted by atomic mass is 79.9. The first-order chi connectivity index (χ1) is 13.9. The lowest BCUT2D eigenvalue weighted by Crippen LogP contribution is -3.00. The Labute approximate surface area is 195 Å². The van der Waals surface area contributed by atoms with Gasteiger partial charge in [0.25, 0.3) is 0 Å². The fourth-order valence-corrected chi connectivity index (χ4v) is 6.67. The van der Waals surface area contributed by atoms with Crippen molar-refractivity contribution in [2.24, 2.45) is 11.8 Å². The number of hydrogen-bond acceptors (Lipinski definition) is 3. The third-order valence-corrected chi connectivity index (χ3v) is 8.35. The van der Waals surface area contributed by atoms with E-state index in [4.69, 9.17) is 9.47 Å². The molecule has 1 aliphatic carbocycles. The standard InChI is InChI=1S/C25H28NO3.CH4.BrH/c1-25(18-8-4-6-10-22(18)29-23-11-7-5-9-19(23)25)24(27)28-15-12-20-16-14-17(16)21(13-15)26(20,2)3;;/h4-11,15-17,20-21H,12-14H2,1-3H3;1H4;1H/q+1;;/p-1/t15?,16-,17?,20-,21?;;/m0../s1. The molecule has 6 rings (SSSR count). The van der Waals surface area contributed by atoms with Gasteiger partial charge in [-0.25, -0.2) is 0 Å². The first-order valence-corrected chi connectivity index (χ1v) is 10.8. The smallest absolute Gasteiger partial charge is 0.321 e. The molecule has 4 nitrogen and oxygen atoms in total. The van der Waals surface area contributed by atoms with Gasteiger partial charge in [0.15, 0.2) is 0 Å². The molecule has 5 heteroatoms. The Morgan fingerprint density at radius 2 is 1.42 bits per heavy atom. The third-order valence-electron chi connectivity index (χ3n) is 8.35. The number of halogens is 1. The topological polar surface area (TPSA) is 35.5 Å². The average Bonchev–Trinajstić information content (AvgIpc) is 3.46. The van der Waals surface area contributed by atoms with Crippen LogP contribution in [0.15, 0.2) is 48.5 Å². The molecule has 0 amide bonds. The molecule has 0 spiro atoms. The second-order valence-electron chi connectivity index (χ2n) is 10.0. The van der Waals surface area contributed by atoms with Gasteiger partial charge in [0.05, 0.1) is 26.2 Å². The van der Waals surface area contributed by atoms with E-state index in [1.54, 1.807) is 0 Å². The van der Waals surface area contributed by atoms with Crippen molar-refractivity contribution in [3.8, 4) is 11.5 Å². The summed E-state index contributed by atoms with van der Waals surface area (Å²) >= 11 is 0. The fraction of sp³-hybridized carbons (Fsp3) is 0.500. The lowest BCUT2D eigenvalue weighted by atomic mass is 9.74. The number of rotatable bonds is 2. The van der Waals surface area contributed by atoms with Gasteiger partial charge < -0.3 is 30.9 Å². The maximum Gasteiger partial charge on any atom is 0.321 e. The fourth-order valence-electron chi connectivity index (χ4n) is 6.67. The molecular weight excluding hydrogens is 454 g/mol. The number of carbonyl (C=O) groups excluding carboxylic acids is 1. The molecule has 0 aromatic heterocycles. The largest absolute Gasteiger partial charge is 1.00 e. The molecule has 0 radical (unpaired) electrons. The molecule has 31 heavy (non-hydrogen) atoms. The highest BCUT2D eigenvalue weighted by Gasteiger charge is 2.68. The van der Waals surface area contributed by atoms with Gasteiger partial charge in [0, 0.05) is 35.8 Å². The van der Waals surface area contributed by atoms with Crippen LogP contribution in [0.4, 0.5) is 0 Å². The second kappa shape index (κ2) is 7.35. The van der Waals surface area contributed by atoms with E-state index in [0.717, 1.165) is 51.8 Å². The van der Waals surface area contributed by atoms with Crippen molar-refractivity contribution in [2.75, 3.05) is 14.1 Å². The molecule has 3 aliphatic heterocycles. The molecule has 3 unspecified atom stereocenters. The number of nitrogens with zero attached hydrogens (tertiary/aromatic N) is 1. The summed E-state index contributed by atoms with van der Waals surface area (Å²) in [5.74, 6) is 3.03. The minimum Gasteiger partial charge on any atom is -1.00 e. The Hall–Kier alpha value is -1.85. The summed E-state index contributed by atoms with van der Waals surface area (Å²) in [6.45, 7) is 1.99. The number of esters is 1. The zero-order valence-electron chi connectivity index (χ0n) is 17.7. The van der Waals surface area contributed by atoms with Gasteiger partial charge in [-0.1, -0.05) is 43.8 Å². The summed E-state index contributed by atoms with van der Waals surface area (Å²) in [5.41, 5.74) is 0.928. The molecule has 2 aromatic rings. The number of hydrogen-bond donors (Lipinski definition) is 0. The molecule has 3 heterocycles. The van der Waals surface area contributed by atoms with Crippen LogP contribution in [-0.2, 0) is 14.9 Å². The highest BCUT2D eigenvalue weighted by molar-refractivity contribution is 5.90. The van der Waals surface area contributed by atoms with Gasteiger partial charge in [-0.3, -0.25) is 4.79 Å². The SMILES string of the molecule is C.CC1(C(=O)OC2CC3C4C[C@@H]4[C@H](C2)[N+]3(C)C)c2ccccc2Oc2ccccc21.[Br-]. The summed E-state index contributed by atoms with van der Waals surface area (Å²) < 4.78 is 13.5. The molecule has 1 saturated carbocycles. The summed E-state index contributed by atoms with van der Waals surface area (Å²) in [6.07, 6.45) is 3.39. The van der Waals surface area contributed by atoms with Crippen LogP contribution in [0.2, 0.25) is 0 Å². The third kappa shape index (κ3) is 3.00. The van der Waals surface area contributed by atoms with E-state index in [1.165, 1.54) is 6.42 Å². The molecule has 2 saturated heterocycles. The lowest BCUT2D eigenvalue weighted by molar-refractivity contribution is -0.937. The van der Waals surface area contributed by atoms with Crippen molar-refractivity contribution in [1.29, 1.82) is 0 Å². The van der Waals surface area contributed by atoms with Crippen LogP contribution in [0.25, 0.3) is 0 Å². The Bertz CT molecular complexity index is 954. The number of quaternary nitrogens is 1. The van der Waals surface area contributed by atoms with Crippen LogP contribution >= 0.6 is 0 Å². The molecule has 0 N–H and O–H groups in total. The van der Waals surface area contributed by atoms with Gasteiger partial charge in [0.2, 0.25) is 0 Å². The van der Waals surface area contributed by atoms with Gasteiger partial charge in [-0.2, -0.15) is 0 Å². The van der Waals surface area contributed by atoms with Crippen molar-refractivity contribution in [2.45, 2.75) is 57.2 Å². The molecule has 5 atom stereocenters. The van der Waals surface area contributed by atoms with E-state index in [1.807, 2.05) is 55.5 Å². The molecule has 2 aromatic carbocycles. The average molecular weight is 486 g/mol. The number of benzene rings is 2. The number of carbonyl (C=O) groups is 1. The van der Waals surface area contributed by atoms with Crippen LogP contribution in [0, 0.1) is 11.8 Å². The number of ether oxygens (including phenoxy) is 2. The van der Waals surface area contributed by atoms with Crippen LogP contribution in [0.1, 0.15) is 44.7 Å². The zero-order chi connectivity index (χ0) is 20.0. The predicted octanol–water partition coefficient (Wildman–Crippen LogP) is 1.91. The van der Waals surface area contributed by atoms with Gasteiger partial charge in [-0.15, -0.1) is 0 Å². The van der Waals surface area contributed by atoms with Gasteiger partial charge in [-0.05, 0) is 25.5 Å². The van der Waals surface area contributed by atoms with E-state index >= 15 is 0 Å². The van der Waals surface area contributed by atoms with Gasteiger partial charge in [0.1, 0.15) is 23.0 Å². The van der Waals surface area contributed by atoms with E-state index < -0.39 is 5.41 Å².